The van der Waals surface area contributed by atoms with Gasteiger partial charge in [-0.3, -0.25) is 4.79 Å². The summed E-state index contributed by atoms with van der Waals surface area (Å²) < 4.78 is 11.5. The standard InChI is InChI=1S/C25H26BrNO4S/c1-4-6-17-9-12-21(20(26)13-17)31-14-22(28)27-24-23(25(29)30-3)19(15-32-24)18-10-7-16(5-2)8-11-18/h7-13,15H,4-6,14H2,1-3H3,(H,27,28). The first kappa shape index (κ1) is 24.0. The zero-order chi connectivity index (χ0) is 23.1. The molecule has 3 rings (SSSR count). The average Bonchev–Trinajstić information content (AvgIpc) is 3.21. The van der Waals surface area contributed by atoms with Crippen LogP contribution in [0.2, 0.25) is 0 Å². The van der Waals surface area contributed by atoms with Crippen LogP contribution in [-0.2, 0) is 22.4 Å². The van der Waals surface area contributed by atoms with E-state index in [1.54, 1.807) is 0 Å². The molecule has 32 heavy (non-hydrogen) atoms. The third-order valence-corrected chi connectivity index (χ3v) is 6.52. The van der Waals surface area contributed by atoms with Gasteiger partial charge in [0.15, 0.2) is 6.61 Å². The molecule has 7 heteroatoms. The number of methoxy groups -OCH3 is 1. The summed E-state index contributed by atoms with van der Waals surface area (Å²) in [4.78, 5) is 25.1. The number of carbonyl (C=O) groups is 2. The maximum Gasteiger partial charge on any atom is 0.341 e. The molecule has 1 heterocycles. The highest BCUT2D eigenvalue weighted by molar-refractivity contribution is 9.10. The number of ether oxygens (including phenoxy) is 2. The van der Waals surface area contributed by atoms with Gasteiger partial charge in [0.05, 0.1) is 11.6 Å². The van der Waals surface area contributed by atoms with Gasteiger partial charge in [0.25, 0.3) is 5.91 Å². The van der Waals surface area contributed by atoms with E-state index in [2.05, 4.69) is 35.1 Å². The Labute approximate surface area is 200 Å². The first-order valence-electron chi connectivity index (χ1n) is 10.5. The summed E-state index contributed by atoms with van der Waals surface area (Å²) in [5.74, 6) is -0.253. The number of halogens is 1. The van der Waals surface area contributed by atoms with Gasteiger partial charge in [0, 0.05) is 10.9 Å². The second-order valence-electron chi connectivity index (χ2n) is 7.25. The molecule has 0 saturated carbocycles. The fourth-order valence-electron chi connectivity index (χ4n) is 3.30. The van der Waals surface area contributed by atoms with E-state index >= 15 is 0 Å². The minimum absolute atomic E-state index is 0.176. The average molecular weight is 516 g/mol. The molecule has 0 bridgehead atoms. The molecule has 0 aliphatic rings. The second-order valence-corrected chi connectivity index (χ2v) is 8.98. The third kappa shape index (κ3) is 5.78. The lowest BCUT2D eigenvalue weighted by molar-refractivity contribution is -0.118. The molecule has 1 amide bonds. The van der Waals surface area contributed by atoms with Crippen LogP contribution in [-0.4, -0.2) is 25.6 Å². The molecule has 0 radical (unpaired) electrons. The van der Waals surface area contributed by atoms with Crippen molar-refractivity contribution in [3.8, 4) is 16.9 Å². The molecule has 0 aliphatic heterocycles. The predicted octanol–water partition coefficient (Wildman–Crippen LogP) is 6.50. The maximum absolute atomic E-state index is 12.6. The molecular weight excluding hydrogens is 490 g/mol. The van der Waals surface area contributed by atoms with Gasteiger partial charge in [0.1, 0.15) is 16.3 Å². The Kier molecular flexibility index (Phi) is 8.47. The van der Waals surface area contributed by atoms with E-state index in [1.165, 1.54) is 29.6 Å². The van der Waals surface area contributed by atoms with E-state index in [0.29, 0.717) is 16.3 Å². The maximum atomic E-state index is 12.6. The minimum Gasteiger partial charge on any atom is -0.483 e. The summed E-state index contributed by atoms with van der Waals surface area (Å²) in [5.41, 5.74) is 4.39. The number of rotatable bonds is 9. The van der Waals surface area contributed by atoms with Crippen LogP contribution >= 0.6 is 27.3 Å². The summed E-state index contributed by atoms with van der Waals surface area (Å²) in [5, 5.41) is 5.09. The van der Waals surface area contributed by atoms with Gasteiger partial charge >= 0.3 is 5.97 Å². The molecule has 2 aromatic carbocycles. The van der Waals surface area contributed by atoms with Crippen LogP contribution < -0.4 is 10.1 Å². The van der Waals surface area contributed by atoms with Gasteiger partial charge in [-0.25, -0.2) is 4.79 Å². The number of thiophene rings is 1. The Hall–Kier alpha value is -2.64. The van der Waals surface area contributed by atoms with Gasteiger partial charge in [-0.1, -0.05) is 50.6 Å². The van der Waals surface area contributed by atoms with Crippen LogP contribution in [0.15, 0.2) is 52.3 Å². The third-order valence-electron chi connectivity index (χ3n) is 5.00. The summed E-state index contributed by atoms with van der Waals surface area (Å²) >= 11 is 4.79. The smallest absolute Gasteiger partial charge is 0.341 e. The second kappa shape index (κ2) is 11.3. The summed E-state index contributed by atoms with van der Waals surface area (Å²) in [7, 11) is 1.33. The Bertz CT molecular complexity index is 1090. The molecule has 0 aliphatic carbocycles. The molecule has 5 nitrogen and oxygen atoms in total. The molecular formula is C25H26BrNO4S. The van der Waals surface area contributed by atoms with E-state index in [0.717, 1.165) is 34.9 Å². The molecule has 0 atom stereocenters. The molecule has 168 valence electrons. The molecule has 0 saturated heterocycles. The number of anilines is 1. The van der Waals surface area contributed by atoms with E-state index < -0.39 is 5.97 Å². The van der Waals surface area contributed by atoms with Crippen molar-refractivity contribution in [2.24, 2.45) is 0 Å². The van der Waals surface area contributed by atoms with Gasteiger partial charge in [0.2, 0.25) is 0 Å². The molecule has 0 fully saturated rings. The number of amides is 1. The van der Waals surface area contributed by atoms with Crippen LogP contribution in [0.25, 0.3) is 11.1 Å². The zero-order valence-corrected chi connectivity index (χ0v) is 20.8. The SMILES string of the molecule is CCCc1ccc(OCC(=O)Nc2scc(-c3ccc(CC)cc3)c2C(=O)OC)c(Br)c1. The van der Waals surface area contributed by atoms with Crippen molar-refractivity contribution in [2.75, 3.05) is 19.0 Å². The van der Waals surface area contributed by atoms with Crippen molar-refractivity contribution < 1.29 is 19.1 Å². The number of benzene rings is 2. The lowest BCUT2D eigenvalue weighted by Gasteiger charge is -2.11. The quantitative estimate of drug-likeness (QED) is 0.330. The van der Waals surface area contributed by atoms with Crippen LogP contribution in [0.1, 0.15) is 41.8 Å². The van der Waals surface area contributed by atoms with Crippen molar-refractivity contribution >= 4 is 44.1 Å². The van der Waals surface area contributed by atoms with Gasteiger partial charge < -0.3 is 14.8 Å². The van der Waals surface area contributed by atoms with Crippen molar-refractivity contribution in [3.63, 3.8) is 0 Å². The van der Waals surface area contributed by atoms with Crippen molar-refractivity contribution in [2.45, 2.75) is 33.1 Å². The first-order valence-corrected chi connectivity index (χ1v) is 12.1. The fourth-order valence-corrected chi connectivity index (χ4v) is 4.81. The lowest BCUT2D eigenvalue weighted by atomic mass is 10.0. The Morgan fingerprint density at radius 2 is 1.78 bits per heavy atom. The van der Waals surface area contributed by atoms with Crippen molar-refractivity contribution in [3.05, 3.63) is 69.0 Å². The van der Waals surface area contributed by atoms with Gasteiger partial charge in [-0.05, 0) is 57.6 Å². The Balaban J connectivity index is 1.74. The van der Waals surface area contributed by atoms with Crippen LogP contribution in [0.5, 0.6) is 5.75 Å². The van der Waals surface area contributed by atoms with Crippen molar-refractivity contribution in [1.29, 1.82) is 0 Å². The largest absolute Gasteiger partial charge is 0.483 e. The Morgan fingerprint density at radius 1 is 1.06 bits per heavy atom. The first-order chi connectivity index (χ1) is 15.5. The molecule has 0 unspecified atom stereocenters. The zero-order valence-electron chi connectivity index (χ0n) is 18.4. The normalized spacial score (nSPS) is 10.6. The number of hydrogen-bond acceptors (Lipinski definition) is 5. The van der Waals surface area contributed by atoms with E-state index in [9.17, 15) is 9.59 Å². The molecule has 0 spiro atoms. The fraction of sp³-hybridized carbons (Fsp3) is 0.280. The topological polar surface area (TPSA) is 64.6 Å². The van der Waals surface area contributed by atoms with E-state index in [1.807, 2.05) is 47.8 Å². The van der Waals surface area contributed by atoms with Crippen LogP contribution in [0.3, 0.4) is 0 Å². The number of nitrogens with one attached hydrogen (secondary N) is 1. The van der Waals surface area contributed by atoms with Crippen LogP contribution in [0.4, 0.5) is 5.00 Å². The van der Waals surface area contributed by atoms with E-state index in [-0.39, 0.29) is 12.5 Å². The number of esters is 1. The number of hydrogen-bond donors (Lipinski definition) is 1. The molecule has 3 aromatic rings. The highest BCUT2D eigenvalue weighted by Gasteiger charge is 2.22. The highest BCUT2D eigenvalue weighted by atomic mass is 79.9. The summed E-state index contributed by atoms with van der Waals surface area (Å²) in [6.07, 6.45) is 2.98. The number of aryl methyl sites for hydroxylation is 2. The van der Waals surface area contributed by atoms with Crippen molar-refractivity contribution in [1.82, 2.24) is 0 Å². The predicted molar refractivity (Wildman–Crippen MR) is 133 cm³/mol. The molecule has 1 aromatic heterocycles. The lowest BCUT2D eigenvalue weighted by Crippen LogP contribution is -2.21. The van der Waals surface area contributed by atoms with Crippen LogP contribution in [0, 0.1) is 0 Å². The van der Waals surface area contributed by atoms with E-state index in [4.69, 9.17) is 9.47 Å². The monoisotopic (exact) mass is 515 g/mol. The Morgan fingerprint density at radius 3 is 2.41 bits per heavy atom. The minimum atomic E-state index is -0.494. The number of carbonyl (C=O) groups excluding carboxylic acids is 2. The summed E-state index contributed by atoms with van der Waals surface area (Å²) in [6.45, 7) is 4.04. The highest BCUT2D eigenvalue weighted by Crippen LogP contribution is 2.36. The van der Waals surface area contributed by atoms with Gasteiger partial charge in [-0.15, -0.1) is 11.3 Å². The van der Waals surface area contributed by atoms with Gasteiger partial charge in [-0.2, -0.15) is 0 Å². The summed E-state index contributed by atoms with van der Waals surface area (Å²) in [6, 6.07) is 13.9. The molecule has 1 N–H and O–H groups in total.